The summed E-state index contributed by atoms with van der Waals surface area (Å²) in [5, 5.41) is 15.3. The molecule has 0 amide bonds. The van der Waals surface area contributed by atoms with E-state index in [0.29, 0.717) is 0 Å². The highest BCUT2D eigenvalue weighted by Gasteiger charge is 2.04. The summed E-state index contributed by atoms with van der Waals surface area (Å²) in [5.41, 5.74) is 19.6. The summed E-state index contributed by atoms with van der Waals surface area (Å²) in [7, 11) is 0. The molecule has 0 fully saturated rings. The van der Waals surface area contributed by atoms with E-state index in [1.165, 1.54) is 126 Å². The molecule has 0 aliphatic heterocycles. The molecule has 7 aromatic heterocycles. The minimum Gasteiger partial charge on any atom is -0.264 e. The van der Waals surface area contributed by atoms with Gasteiger partial charge in [0.1, 0.15) is 0 Å². The summed E-state index contributed by atoms with van der Waals surface area (Å²) in [6.45, 7) is 57.3. The highest BCUT2D eigenvalue weighted by Crippen LogP contribution is 2.25. The first-order valence-electron chi connectivity index (χ1n) is 35.7. The van der Waals surface area contributed by atoms with Crippen LogP contribution in [-0.2, 0) is 0 Å². The van der Waals surface area contributed by atoms with Crippen LogP contribution in [0.15, 0.2) is 213 Å². The average Bonchev–Trinajstić information content (AvgIpc) is 0.853. The molecule has 7 nitrogen and oxygen atoms in total. The molecule has 7 heteroatoms. The monoisotopic (exact) mass is 1310 g/mol. The molecule has 0 unspecified atom stereocenters. The Labute approximate surface area is 592 Å². The van der Waals surface area contributed by atoms with Gasteiger partial charge in [0.05, 0.1) is 11.0 Å². The third kappa shape index (κ3) is 25.8. The third-order valence-electron chi connectivity index (χ3n) is 15.3. The molecular formula is C91H119N7. The molecule has 0 spiro atoms. The van der Waals surface area contributed by atoms with E-state index in [-0.39, 0.29) is 0 Å². The SMILES string of the molecule is CC.CC.CC.CC.CC.CC.CC.Cc1ccc(C)c2cnccc12.Cc1ccc(C)c2cnccc12.Cc1ccc(C)c2ncccc12.Cc1ccc(C)c2ncccc12.Cc1ccc2cnc(C)cc2c1.Cc1cnc(C)c2ccccc12.Cc1cnc(C)c2ccccc12. The number of hydrogen-bond acceptors (Lipinski definition) is 7. The van der Waals surface area contributed by atoms with Crippen molar-refractivity contribution in [1.29, 1.82) is 0 Å². The van der Waals surface area contributed by atoms with E-state index >= 15 is 0 Å². The lowest BCUT2D eigenvalue weighted by Gasteiger charge is -2.03. The van der Waals surface area contributed by atoms with E-state index in [4.69, 9.17) is 0 Å². The summed E-state index contributed by atoms with van der Waals surface area (Å²) in [6.07, 6.45) is 17.0. The van der Waals surface area contributed by atoms with Gasteiger partial charge in [-0.1, -0.05) is 230 Å². The second-order valence-corrected chi connectivity index (χ2v) is 21.8. The van der Waals surface area contributed by atoms with Crippen LogP contribution >= 0.6 is 0 Å². The first kappa shape index (κ1) is 86.4. The summed E-state index contributed by atoms with van der Waals surface area (Å²) in [4.78, 5) is 29.8. The Hall–Kier alpha value is -9.59. The molecular weight excluding hydrogens is 1190 g/mol. The smallest absolute Gasteiger partial charge is 0.0733 e. The van der Waals surface area contributed by atoms with Gasteiger partial charge in [0, 0.05) is 111 Å². The van der Waals surface area contributed by atoms with Gasteiger partial charge in [0.25, 0.3) is 0 Å². The van der Waals surface area contributed by atoms with E-state index < -0.39 is 0 Å². The Morgan fingerprint density at radius 3 is 0.867 bits per heavy atom. The van der Waals surface area contributed by atoms with Gasteiger partial charge in [-0.3, -0.25) is 34.9 Å². The van der Waals surface area contributed by atoms with E-state index in [1.807, 2.05) is 186 Å². The number of rotatable bonds is 0. The fraction of sp³-hybridized carbons (Fsp3) is 0.308. The van der Waals surface area contributed by atoms with E-state index in [1.54, 1.807) is 0 Å². The van der Waals surface area contributed by atoms with Gasteiger partial charge >= 0.3 is 0 Å². The lowest BCUT2D eigenvalue weighted by molar-refractivity contribution is 1.21. The molecule has 0 radical (unpaired) electrons. The normalized spacial score (nSPS) is 9.43. The summed E-state index contributed by atoms with van der Waals surface area (Å²) in [5.74, 6) is 0. The zero-order chi connectivity index (χ0) is 73.9. The van der Waals surface area contributed by atoms with E-state index in [0.717, 1.165) is 28.1 Å². The van der Waals surface area contributed by atoms with Crippen LogP contribution in [0.1, 0.15) is 175 Å². The van der Waals surface area contributed by atoms with Crippen molar-refractivity contribution in [1.82, 2.24) is 34.9 Å². The van der Waals surface area contributed by atoms with Gasteiger partial charge in [0.15, 0.2) is 0 Å². The van der Waals surface area contributed by atoms with E-state index in [2.05, 4.69) is 257 Å². The zero-order valence-corrected chi connectivity index (χ0v) is 65.3. The Morgan fingerprint density at radius 2 is 0.520 bits per heavy atom. The summed E-state index contributed by atoms with van der Waals surface area (Å²) in [6, 6.07) is 54.7. The maximum atomic E-state index is 4.34. The lowest BCUT2D eigenvalue weighted by Crippen LogP contribution is -1.86. The van der Waals surface area contributed by atoms with Gasteiger partial charge in [-0.05, 0) is 210 Å². The Balaban J connectivity index is 0.000000554. The number of hydrogen-bond donors (Lipinski definition) is 0. The molecule has 98 heavy (non-hydrogen) atoms. The fourth-order valence-electron chi connectivity index (χ4n) is 10.2. The maximum Gasteiger partial charge on any atom is 0.0733 e. The molecule has 0 aliphatic carbocycles. The fourth-order valence-corrected chi connectivity index (χ4v) is 10.2. The maximum absolute atomic E-state index is 4.34. The molecule has 518 valence electrons. The summed E-state index contributed by atoms with van der Waals surface area (Å²) >= 11 is 0. The van der Waals surface area contributed by atoms with Crippen molar-refractivity contribution in [3.05, 3.63) is 292 Å². The topological polar surface area (TPSA) is 90.2 Å². The van der Waals surface area contributed by atoms with Crippen LogP contribution < -0.4 is 0 Å². The van der Waals surface area contributed by atoms with Crippen LogP contribution in [-0.4, -0.2) is 34.9 Å². The molecule has 14 rings (SSSR count). The molecule has 0 saturated heterocycles. The number of nitrogens with zero attached hydrogens (tertiary/aromatic N) is 7. The van der Waals surface area contributed by atoms with Crippen molar-refractivity contribution in [2.45, 2.75) is 194 Å². The van der Waals surface area contributed by atoms with Gasteiger partial charge in [-0.2, -0.15) is 0 Å². The van der Waals surface area contributed by atoms with Gasteiger partial charge in [0.2, 0.25) is 0 Å². The predicted octanol–water partition coefficient (Wildman–Crippen LogP) is 27.1. The second kappa shape index (κ2) is 48.2. The second-order valence-electron chi connectivity index (χ2n) is 21.8. The molecule has 14 aromatic rings. The molecule has 7 heterocycles. The van der Waals surface area contributed by atoms with Crippen molar-refractivity contribution in [2.75, 3.05) is 0 Å². The first-order valence-corrected chi connectivity index (χ1v) is 35.7. The quantitative estimate of drug-likeness (QED) is 0.149. The Morgan fingerprint density at radius 1 is 0.204 bits per heavy atom. The number of aromatic nitrogens is 7. The van der Waals surface area contributed by atoms with Gasteiger partial charge in [-0.25, -0.2) is 0 Å². The summed E-state index contributed by atoms with van der Waals surface area (Å²) < 4.78 is 0. The van der Waals surface area contributed by atoms with Crippen molar-refractivity contribution < 1.29 is 0 Å². The average molecular weight is 1310 g/mol. The molecule has 0 bridgehead atoms. The number of fused-ring (bicyclic) bond motifs is 7. The Kier molecular flexibility index (Phi) is 42.5. The van der Waals surface area contributed by atoms with E-state index in [9.17, 15) is 0 Å². The highest BCUT2D eigenvalue weighted by atomic mass is 14.7. The van der Waals surface area contributed by atoms with Crippen LogP contribution in [0.4, 0.5) is 0 Å². The standard InChI is InChI=1S/7C11H11N.7C2H6/c1-8-3-4-10-7-12-9(2)6-11(10)5-8;2*1-8-3-4-9(2)11-7-12-6-5-10(8)11;2*1-8-5-6-9(2)11-10(8)4-3-7-12-11;2*1-8-7-12-9(2)11-6-4-3-5-10(8)11;7*1-2/h7*3-7H,1-2H3;7*1-2H3. The van der Waals surface area contributed by atoms with Crippen molar-refractivity contribution >= 4 is 75.7 Å². The molecule has 0 saturated carbocycles. The van der Waals surface area contributed by atoms with Crippen molar-refractivity contribution in [2.24, 2.45) is 0 Å². The van der Waals surface area contributed by atoms with Crippen LogP contribution in [0, 0.1) is 96.9 Å². The minimum absolute atomic E-state index is 1.08. The third-order valence-corrected chi connectivity index (χ3v) is 15.3. The van der Waals surface area contributed by atoms with Crippen LogP contribution in [0.2, 0.25) is 0 Å². The van der Waals surface area contributed by atoms with Gasteiger partial charge < -0.3 is 0 Å². The van der Waals surface area contributed by atoms with Crippen LogP contribution in [0.3, 0.4) is 0 Å². The van der Waals surface area contributed by atoms with Crippen molar-refractivity contribution in [3.63, 3.8) is 0 Å². The number of benzene rings is 7. The minimum atomic E-state index is 1.08. The zero-order valence-electron chi connectivity index (χ0n) is 65.3. The number of pyridine rings is 7. The van der Waals surface area contributed by atoms with Crippen molar-refractivity contribution in [3.8, 4) is 0 Å². The highest BCUT2D eigenvalue weighted by molar-refractivity contribution is 5.90. The van der Waals surface area contributed by atoms with Gasteiger partial charge in [-0.15, -0.1) is 0 Å². The largest absolute Gasteiger partial charge is 0.264 e. The number of aryl methyl sites for hydroxylation is 14. The Bertz CT molecular complexity index is 3640. The van der Waals surface area contributed by atoms with Crippen LogP contribution in [0.5, 0.6) is 0 Å². The first-order chi connectivity index (χ1) is 47.5. The molecule has 0 N–H and O–H groups in total. The molecule has 0 aliphatic rings. The predicted molar refractivity (Wildman–Crippen MR) is 438 cm³/mol. The van der Waals surface area contributed by atoms with Crippen LogP contribution in [0.25, 0.3) is 75.7 Å². The molecule has 0 atom stereocenters. The lowest BCUT2D eigenvalue weighted by atomic mass is 10.0. The molecule has 7 aromatic carbocycles.